The lowest BCUT2D eigenvalue weighted by Gasteiger charge is -2.14. The molecule has 2 N–H and O–H groups in total. The van der Waals surface area contributed by atoms with Gasteiger partial charge < -0.3 is 5.32 Å². The number of hydrogen-bond acceptors (Lipinski definition) is 5. The molecule has 1 aromatic rings. The van der Waals surface area contributed by atoms with Crippen LogP contribution >= 0.6 is 0 Å². The molecule has 2 rings (SSSR count). The maximum absolute atomic E-state index is 12.1. The van der Waals surface area contributed by atoms with Crippen LogP contribution in [-0.4, -0.2) is 49.1 Å². The van der Waals surface area contributed by atoms with E-state index in [2.05, 4.69) is 20.6 Å². The summed E-state index contributed by atoms with van der Waals surface area (Å²) in [7, 11) is -3.06. The molecule has 1 aliphatic rings. The maximum Gasteiger partial charge on any atom is 0.214 e. The second-order valence-corrected chi connectivity index (χ2v) is 8.25. The summed E-state index contributed by atoms with van der Waals surface area (Å²) in [5, 5.41) is 14.3. The molecule has 9 heteroatoms. The Morgan fingerprint density at radius 2 is 1.88 bits per heavy atom. The zero-order valence-electron chi connectivity index (χ0n) is 14.9. The Morgan fingerprint density at radius 1 is 1.19 bits per heavy atom. The molecule has 1 aliphatic heterocycles. The lowest BCUT2D eigenvalue weighted by Crippen LogP contribution is -2.30. The van der Waals surface area contributed by atoms with Gasteiger partial charge in [0.15, 0.2) is 6.19 Å². The standard InChI is InChI=1S/C17H26N6O2S/c18-15-21-17(22-16-7-10-19-11-8-16)20-9-3-1-2-6-14-26(24,25)23-12-4-5-13-23/h7-8,10-11H,1-6,9,12-14H2,(H2,19,20,21,22). The molecule has 1 fully saturated rings. The van der Waals surface area contributed by atoms with Gasteiger partial charge in [-0.1, -0.05) is 12.8 Å². The van der Waals surface area contributed by atoms with Crippen LogP contribution < -0.4 is 10.6 Å². The monoisotopic (exact) mass is 378 g/mol. The Hall–Kier alpha value is -2.18. The van der Waals surface area contributed by atoms with Crippen LogP contribution in [0.15, 0.2) is 29.5 Å². The van der Waals surface area contributed by atoms with Crippen LogP contribution in [0.5, 0.6) is 0 Å². The van der Waals surface area contributed by atoms with Gasteiger partial charge in [-0.2, -0.15) is 5.26 Å². The first-order valence-electron chi connectivity index (χ1n) is 8.96. The van der Waals surface area contributed by atoms with Crippen molar-refractivity contribution in [3.05, 3.63) is 24.5 Å². The van der Waals surface area contributed by atoms with Crippen LogP contribution in [-0.2, 0) is 10.0 Å². The van der Waals surface area contributed by atoms with Gasteiger partial charge in [-0.25, -0.2) is 12.7 Å². The number of pyridine rings is 1. The third kappa shape index (κ3) is 6.98. The fraction of sp³-hybridized carbons (Fsp3) is 0.588. The summed E-state index contributed by atoms with van der Waals surface area (Å²) < 4.78 is 25.8. The Bertz CT molecular complexity index is 709. The van der Waals surface area contributed by atoms with E-state index >= 15 is 0 Å². The molecule has 2 heterocycles. The van der Waals surface area contributed by atoms with Gasteiger partial charge in [0.1, 0.15) is 0 Å². The predicted octanol–water partition coefficient (Wildman–Crippen LogP) is 1.91. The van der Waals surface area contributed by atoms with E-state index in [-0.39, 0.29) is 5.75 Å². The summed E-state index contributed by atoms with van der Waals surface area (Å²) in [6.07, 6.45) is 10.4. The number of unbranched alkanes of at least 4 members (excludes halogenated alkanes) is 3. The summed E-state index contributed by atoms with van der Waals surface area (Å²) in [4.78, 5) is 8.28. The number of nitrogens with one attached hydrogen (secondary N) is 2. The van der Waals surface area contributed by atoms with Crippen molar-refractivity contribution >= 4 is 21.7 Å². The Labute approximate surface area is 155 Å². The van der Waals surface area contributed by atoms with Gasteiger partial charge in [-0.15, -0.1) is 0 Å². The first-order valence-corrected chi connectivity index (χ1v) is 10.6. The van der Waals surface area contributed by atoms with E-state index < -0.39 is 10.0 Å². The van der Waals surface area contributed by atoms with Gasteiger partial charge in [0.2, 0.25) is 16.0 Å². The lowest BCUT2D eigenvalue weighted by atomic mass is 10.2. The molecule has 0 spiro atoms. The van der Waals surface area contributed by atoms with Crippen molar-refractivity contribution in [3.8, 4) is 6.19 Å². The molecule has 0 bridgehead atoms. The van der Waals surface area contributed by atoms with Crippen LogP contribution in [0, 0.1) is 11.5 Å². The molecule has 0 amide bonds. The number of hydrogen-bond donors (Lipinski definition) is 2. The van der Waals surface area contributed by atoms with Gasteiger partial charge in [-0.3, -0.25) is 15.3 Å². The number of aromatic nitrogens is 1. The molecule has 0 atom stereocenters. The SMILES string of the molecule is N#CNC(=NCCCCCCS(=O)(=O)N1CCCC1)Nc1ccncc1. The number of nitrogens with zero attached hydrogens (tertiary/aromatic N) is 4. The third-order valence-electron chi connectivity index (χ3n) is 4.16. The Kier molecular flexibility index (Phi) is 8.31. The van der Waals surface area contributed by atoms with E-state index in [1.54, 1.807) is 28.8 Å². The topological polar surface area (TPSA) is 110 Å². The minimum atomic E-state index is -3.06. The van der Waals surface area contributed by atoms with Crippen LogP contribution in [0.4, 0.5) is 5.69 Å². The van der Waals surface area contributed by atoms with Crippen molar-refractivity contribution in [2.45, 2.75) is 38.5 Å². The Morgan fingerprint density at radius 3 is 2.58 bits per heavy atom. The quantitative estimate of drug-likeness (QED) is 0.223. The minimum absolute atomic E-state index is 0.237. The zero-order chi connectivity index (χ0) is 18.7. The van der Waals surface area contributed by atoms with Crippen molar-refractivity contribution < 1.29 is 8.42 Å². The highest BCUT2D eigenvalue weighted by molar-refractivity contribution is 7.89. The molecule has 8 nitrogen and oxygen atoms in total. The van der Waals surface area contributed by atoms with Crippen molar-refractivity contribution in [1.29, 1.82) is 5.26 Å². The normalized spacial score (nSPS) is 15.6. The molecular weight excluding hydrogens is 352 g/mol. The molecule has 0 unspecified atom stereocenters. The van der Waals surface area contributed by atoms with Crippen molar-refractivity contribution in [1.82, 2.24) is 14.6 Å². The molecule has 0 saturated carbocycles. The third-order valence-corrected chi connectivity index (χ3v) is 6.11. The number of guanidine groups is 1. The largest absolute Gasteiger partial charge is 0.325 e. The van der Waals surface area contributed by atoms with Crippen LogP contribution in [0.1, 0.15) is 38.5 Å². The highest BCUT2D eigenvalue weighted by atomic mass is 32.2. The summed E-state index contributed by atoms with van der Waals surface area (Å²) in [6, 6.07) is 3.57. The highest BCUT2D eigenvalue weighted by Crippen LogP contribution is 2.14. The minimum Gasteiger partial charge on any atom is -0.325 e. The number of anilines is 1. The first-order chi connectivity index (χ1) is 12.6. The van der Waals surface area contributed by atoms with Gasteiger partial charge in [0.05, 0.1) is 5.75 Å². The molecule has 142 valence electrons. The molecule has 1 aromatic heterocycles. The maximum atomic E-state index is 12.1. The fourth-order valence-electron chi connectivity index (χ4n) is 2.77. The van der Waals surface area contributed by atoms with Crippen LogP contribution in [0.3, 0.4) is 0 Å². The van der Waals surface area contributed by atoms with E-state index in [1.807, 2.05) is 6.19 Å². The zero-order valence-corrected chi connectivity index (χ0v) is 15.7. The van der Waals surface area contributed by atoms with E-state index in [4.69, 9.17) is 5.26 Å². The molecule has 0 aliphatic carbocycles. The van der Waals surface area contributed by atoms with Crippen molar-refractivity contribution in [3.63, 3.8) is 0 Å². The average molecular weight is 379 g/mol. The number of rotatable bonds is 9. The van der Waals surface area contributed by atoms with Crippen LogP contribution in [0.2, 0.25) is 0 Å². The van der Waals surface area contributed by atoms with E-state index in [9.17, 15) is 8.42 Å². The molecule has 1 saturated heterocycles. The molecular formula is C17H26N6O2S. The van der Waals surface area contributed by atoms with E-state index in [0.717, 1.165) is 37.8 Å². The molecule has 0 radical (unpaired) electrons. The summed E-state index contributed by atoms with van der Waals surface area (Å²) >= 11 is 0. The highest BCUT2D eigenvalue weighted by Gasteiger charge is 2.24. The second-order valence-electron chi connectivity index (χ2n) is 6.16. The van der Waals surface area contributed by atoms with Crippen molar-refractivity contribution in [2.24, 2.45) is 4.99 Å². The van der Waals surface area contributed by atoms with Gasteiger partial charge in [-0.05, 0) is 37.8 Å². The van der Waals surface area contributed by atoms with Gasteiger partial charge in [0, 0.05) is 37.7 Å². The number of aliphatic imine (C=N–C) groups is 1. The Balaban J connectivity index is 1.64. The molecule has 26 heavy (non-hydrogen) atoms. The van der Waals surface area contributed by atoms with Gasteiger partial charge >= 0.3 is 0 Å². The van der Waals surface area contributed by atoms with Crippen LogP contribution in [0.25, 0.3) is 0 Å². The van der Waals surface area contributed by atoms with Crippen molar-refractivity contribution in [2.75, 3.05) is 30.7 Å². The summed E-state index contributed by atoms with van der Waals surface area (Å²) in [6.45, 7) is 1.92. The summed E-state index contributed by atoms with van der Waals surface area (Å²) in [5.41, 5.74) is 0.800. The fourth-order valence-corrected chi connectivity index (χ4v) is 4.41. The summed E-state index contributed by atoms with van der Waals surface area (Å²) in [5.74, 6) is 0.636. The number of nitriles is 1. The van der Waals surface area contributed by atoms with Gasteiger partial charge in [0.25, 0.3) is 0 Å². The predicted molar refractivity (Wildman–Crippen MR) is 102 cm³/mol. The lowest BCUT2D eigenvalue weighted by molar-refractivity contribution is 0.474. The van der Waals surface area contributed by atoms with E-state index in [0.29, 0.717) is 32.0 Å². The second kappa shape index (κ2) is 10.7. The van der Waals surface area contributed by atoms with E-state index in [1.165, 1.54) is 0 Å². The number of sulfonamides is 1. The average Bonchev–Trinajstić information content (AvgIpc) is 3.17. The first kappa shape index (κ1) is 20.1. The smallest absolute Gasteiger partial charge is 0.214 e. The molecule has 0 aromatic carbocycles.